The predicted octanol–water partition coefficient (Wildman–Crippen LogP) is 3.37. The van der Waals surface area contributed by atoms with E-state index in [-0.39, 0.29) is 23.8 Å². The summed E-state index contributed by atoms with van der Waals surface area (Å²) >= 11 is 0. The van der Waals surface area contributed by atoms with Crippen LogP contribution in [0.1, 0.15) is 46.7 Å². The van der Waals surface area contributed by atoms with Crippen molar-refractivity contribution in [2.75, 3.05) is 18.4 Å². The van der Waals surface area contributed by atoms with Crippen LogP contribution in [-0.4, -0.2) is 39.6 Å². The highest BCUT2D eigenvalue weighted by Gasteiger charge is 2.22. The Morgan fingerprint density at radius 1 is 1.19 bits per heavy atom. The average molecular weight is 356 g/mol. The van der Waals surface area contributed by atoms with Crippen molar-refractivity contribution in [2.45, 2.75) is 46.5 Å². The molecule has 0 fully saturated rings. The second-order valence-corrected chi connectivity index (χ2v) is 7.40. The third-order valence-corrected chi connectivity index (χ3v) is 4.02. The summed E-state index contributed by atoms with van der Waals surface area (Å²) in [6.07, 6.45) is 0.809. The van der Waals surface area contributed by atoms with Gasteiger partial charge < -0.3 is 10.2 Å². The minimum atomic E-state index is -0.230. The monoisotopic (exact) mass is 356 g/mol. The molecule has 0 aliphatic rings. The largest absolute Gasteiger partial charge is 0.334 e. The summed E-state index contributed by atoms with van der Waals surface area (Å²) in [5, 5.41) is 7.59. The van der Waals surface area contributed by atoms with Crippen molar-refractivity contribution in [2.24, 2.45) is 0 Å². The first-order valence-electron chi connectivity index (χ1n) is 8.93. The molecule has 26 heavy (non-hydrogen) atoms. The molecule has 2 rings (SSSR count). The van der Waals surface area contributed by atoms with Crippen LogP contribution in [0.5, 0.6) is 0 Å². The van der Waals surface area contributed by atoms with Gasteiger partial charge in [-0.25, -0.2) is 4.68 Å². The van der Waals surface area contributed by atoms with Gasteiger partial charge in [0.15, 0.2) is 0 Å². The quantitative estimate of drug-likeness (QED) is 0.863. The van der Waals surface area contributed by atoms with Crippen LogP contribution < -0.4 is 5.32 Å². The van der Waals surface area contributed by atoms with Crippen LogP contribution in [0.2, 0.25) is 0 Å². The Labute approximate surface area is 155 Å². The normalized spacial score (nSPS) is 11.3. The molecule has 6 nitrogen and oxygen atoms in total. The molecule has 0 aliphatic carbocycles. The molecular formula is C20H28N4O2. The van der Waals surface area contributed by atoms with Gasteiger partial charge in [-0.15, -0.1) is 0 Å². The number of rotatable bonds is 6. The maximum absolute atomic E-state index is 12.5. The Kier molecular flexibility index (Phi) is 6.18. The highest BCUT2D eigenvalue weighted by Crippen LogP contribution is 2.26. The third kappa shape index (κ3) is 4.94. The number of nitrogens with zero attached hydrogens (tertiary/aromatic N) is 3. The van der Waals surface area contributed by atoms with E-state index in [1.165, 1.54) is 6.92 Å². The summed E-state index contributed by atoms with van der Waals surface area (Å²) in [5.41, 5.74) is 1.61. The van der Waals surface area contributed by atoms with Gasteiger partial charge in [-0.1, -0.05) is 45.9 Å². The fourth-order valence-electron chi connectivity index (χ4n) is 2.58. The zero-order valence-corrected chi connectivity index (χ0v) is 16.2. The number of aromatic nitrogens is 2. The second kappa shape index (κ2) is 8.17. The molecule has 0 saturated carbocycles. The van der Waals surface area contributed by atoms with Gasteiger partial charge in [0, 0.05) is 24.9 Å². The maximum atomic E-state index is 12.5. The van der Waals surface area contributed by atoms with Crippen molar-refractivity contribution in [3.05, 3.63) is 42.1 Å². The van der Waals surface area contributed by atoms with Gasteiger partial charge in [-0.3, -0.25) is 9.59 Å². The summed E-state index contributed by atoms with van der Waals surface area (Å²) in [6, 6.07) is 11.6. The van der Waals surface area contributed by atoms with Crippen molar-refractivity contribution in [1.29, 1.82) is 0 Å². The van der Waals surface area contributed by atoms with E-state index in [0.29, 0.717) is 12.4 Å². The molecule has 1 N–H and O–H groups in total. The summed E-state index contributed by atoms with van der Waals surface area (Å²) in [6.45, 7) is 10.3. The second-order valence-electron chi connectivity index (χ2n) is 7.40. The molecule has 0 saturated heterocycles. The first-order chi connectivity index (χ1) is 12.2. The molecule has 0 aliphatic heterocycles. The van der Waals surface area contributed by atoms with E-state index in [0.717, 1.165) is 17.8 Å². The van der Waals surface area contributed by atoms with E-state index in [1.54, 1.807) is 9.58 Å². The Morgan fingerprint density at radius 2 is 1.85 bits per heavy atom. The minimum Gasteiger partial charge on any atom is -0.334 e. The molecule has 1 aromatic carbocycles. The Hall–Kier alpha value is -2.63. The molecule has 2 aromatic rings. The molecule has 0 unspecified atom stereocenters. The molecule has 1 heterocycles. The standard InChI is InChI=1S/C20H28N4O2/c1-6-12-23(15(2)25)14-19(26)21-18-13-17(20(3,4)5)22-24(18)16-10-8-7-9-11-16/h7-11,13H,6,12,14H2,1-5H3,(H,21,26). The van der Waals surface area contributed by atoms with Gasteiger partial charge in [-0.2, -0.15) is 5.10 Å². The number of amides is 2. The third-order valence-electron chi connectivity index (χ3n) is 4.02. The van der Waals surface area contributed by atoms with E-state index >= 15 is 0 Å². The highest BCUT2D eigenvalue weighted by atomic mass is 16.2. The molecule has 6 heteroatoms. The van der Waals surface area contributed by atoms with Crippen LogP contribution in [0.4, 0.5) is 5.82 Å². The number of anilines is 1. The Bertz CT molecular complexity index is 760. The van der Waals surface area contributed by atoms with Gasteiger partial charge in [0.25, 0.3) is 0 Å². The maximum Gasteiger partial charge on any atom is 0.245 e. The van der Waals surface area contributed by atoms with Crippen molar-refractivity contribution >= 4 is 17.6 Å². The fraction of sp³-hybridized carbons (Fsp3) is 0.450. The summed E-state index contributed by atoms with van der Waals surface area (Å²) < 4.78 is 1.73. The lowest BCUT2D eigenvalue weighted by Crippen LogP contribution is -2.37. The van der Waals surface area contributed by atoms with E-state index in [4.69, 9.17) is 0 Å². The van der Waals surface area contributed by atoms with Crippen molar-refractivity contribution in [3.63, 3.8) is 0 Å². The number of benzene rings is 1. The molecule has 2 amide bonds. The first-order valence-corrected chi connectivity index (χ1v) is 8.93. The lowest BCUT2D eigenvalue weighted by molar-refractivity contribution is -0.132. The minimum absolute atomic E-state index is 0.0357. The SMILES string of the molecule is CCCN(CC(=O)Nc1cc(C(C)(C)C)nn1-c1ccccc1)C(C)=O. The van der Waals surface area contributed by atoms with Crippen LogP contribution in [0.25, 0.3) is 5.69 Å². The number of hydrogen-bond acceptors (Lipinski definition) is 3. The zero-order valence-electron chi connectivity index (χ0n) is 16.2. The molecule has 0 atom stereocenters. The zero-order chi connectivity index (χ0) is 19.3. The van der Waals surface area contributed by atoms with E-state index in [9.17, 15) is 9.59 Å². The van der Waals surface area contributed by atoms with Crippen LogP contribution in [0.3, 0.4) is 0 Å². The highest BCUT2D eigenvalue weighted by molar-refractivity contribution is 5.94. The number of nitrogens with one attached hydrogen (secondary N) is 1. The van der Waals surface area contributed by atoms with Crippen molar-refractivity contribution in [1.82, 2.24) is 14.7 Å². The van der Waals surface area contributed by atoms with Crippen LogP contribution in [0.15, 0.2) is 36.4 Å². The van der Waals surface area contributed by atoms with Gasteiger partial charge in [-0.05, 0) is 18.6 Å². The molecular weight excluding hydrogens is 328 g/mol. The van der Waals surface area contributed by atoms with Crippen LogP contribution in [0, 0.1) is 0 Å². The van der Waals surface area contributed by atoms with E-state index < -0.39 is 0 Å². The van der Waals surface area contributed by atoms with Crippen LogP contribution >= 0.6 is 0 Å². The number of carbonyl (C=O) groups is 2. The first kappa shape index (κ1) is 19.7. The van der Waals surface area contributed by atoms with Gasteiger partial charge >= 0.3 is 0 Å². The topological polar surface area (TPSA) is 67.2 Å². The van der Waals surface area contributed by atoms with Gasteiger partial charge in [0.05, 0.1) is 17.9 Å². The Morgan fingerprint density at radius 3 is 2.38 bits per heavy atom. The fourth-order valence-corrected chi connectivity index (χ4v) is 2.58. The number of hydrogen-bond donors (Lipinski definition) is 1. The molecule has 0 spiro atoms. The lowest BCUT2D eigenvalue weighted by Gasteiger charge is -2.19. The van der Waals surface area contributed by atoms with E-state index in [2.05, 4.69) is 31.2 Å². The molecule has 0 bridgehead atoms. The average Bonchev–Trinajstić information content (AvgIpc) is 2.99. The number of para-hydroxylation sites is 1. The molecule has 1 aromatic heterocycles. The summed E-state index contributed by atoms with van der Waals surface area (Å²) in [7, 11) is 0. The smallest absolute Gasteiger partial charge is 0.245 e. The summed E-state index contributed by atoms with van der Waals surface area (Å²) in [4.78, 5) is 25.7. The number of carbonyl (C=O) groups excluding carboxylic acids is 2. The summed E-state index contributed by atoms with van der Waals surface area (Å²) in [5.74, 6) is 0.270. The van der Waals surface area contributed by atoms with Crippen molar-refractivity contribution in [3.8, 4) is 5.69 Å². The predicted molar refractivity (Wildman–Crippen MR) is 103 cm³/mol. The van der Waals surface area contributed by atoms with Gasteiger partial charge in [0.1, 0.15) is 5.82 Å². The van der Waals surface area contributed by atoms with Crippen LogP contribution in [-0.2, 0) is 15.0 Å². The lowest BCUT2D eigenvalue weighted by atomic mass is 9.92. The molecule has 140 valence electrons. The van der Waals surface area contributed by atoms with Crippen molar-refractivity contribution < 1.29 is 9.59 Å². The Balaban J connectivity index is 2.28. The molecule has 0 radical (unpaired) electrons. The van der Waals surface area contributed by atoms with Gasteiger partial charge in [0.2, 0.25) is 11.8 Å². The van der Waals surface area contributed by atoms with E-state index in [1.807, 2.05) is 43.3 Å².